The maximum absolute atomic E-state index is 12.2. The van der Waals surface area contributed by atoms with E-state index >= 15 is 0 Å². The van der Waals surface area contributed by atoms with Crippen LogP contribution in [0, 0.1) is 0 Å². The first-order chi connectivity index (χ1) is 14.1. The Balaban J connectivity index is 1.38. The molecule has 3 rings (SSSR count). The molecule has 1 amide bonds. The zero-order chi connectivity index (χ0) is 20.6. The second-order valence-electron chi connectivity index (χ2n) is 6.61. The SMILES string of the molecule is CN=C(NCCNC(=O)c1ccc(Cl)c(Cl)c1)N1CCN(Cc2ccon2)CC1. The second-order valence-corrected chi connectivity index (χ2v) is 7.43. The number of carbonyl (C=O) groups excluding carboxylic acids is 1. The topological polar surface area (TPSA) is 86.0 Å². The first-order valence-electron chi connectivity index (χ1n) is 9.37. The molecule has 10 heteroatoms. The number of halogens is 2. The van der Waals surface area contributed by atoms with E-state index in [0.717, 1.165) is 44.4 Å². The molecule has 0 saturated carbocycles. The third-order valence-electron chi connectivity index (χ3n) is 4.64. The molecule has 2 N–H and O–H groups in total. The van der Waals surface area contributed by atoms with Crippen LogP contribution in [-0.4, -0.2) is 73.1 Å². The summed E-state index contributed by atoms with van der Waals surface area (Å²) in [5, 5.41) is 10.9. The molecule has 0 radical (unpaired) electrons. The highest BCUT2D eigenvalue weighted by molar-refractivity contribution is 6.42. The molecule has 0 atom stereocenters. The molecular formula is C19H24Cl2N6O2. The normalized spacial score (nSPS) is 15.4. The molecule has 0 spiro atoms. The molecule has 1 aromatic heterocycles. The summed E-state index contributed by atoms with van der Waals surface area (Å²) in [5.74, 6) is 0.636. The summed E-state index contributed by atoms with van der Waals surface area (Å²) in [7, 11) is 1.76. The zero-order valence-corrected chi connectivity index (χ0v) is 17.7. The molecule has 1 fully saturated rings. The molecule has 2 aromatic rings. The maximum Gasteiger partial charge on any atom is 0.251 e. The van der Waals surface area contributed by atoms with Crippen LogP contribution in [0.3, 0.4) is 0 Å². The lowest BCUT2D eigenvalue weighted by molar-refractivity contribution is 0.0954. The van der Waals surface area contributed by atoms with Crippen molar-refractivity contribution in [1.29, 1.82) is 0 Å². The number of amides is 1. The van der Waals surface area contributed by atoms with E-state index in [4.69, 9.17) is 27.7 Å². The van der Waals surface area contributed by atoms with Gasteiger partial charge < -0.3 is 20.1 Å². The van der Waals surface area contributed by atoms with Gasteiger partial charge in [0.15, 0.2) is 5.96 Å². The van der Waals surface area contributed by atoms with Crippen molar-refractivity contribution in [3.8, 4) is 0 Å². The van der Waals surface area contributed by atoms with E-state index < -0.39 is 0 Å². The summed E-state index contributed by atoms with van der Waals surface area (Å²) < 4.78 is 4.89. The van der Waals surface area contributed by atoms with Crippen LogP contribution in [0.25, 0.3) is 0 Å². The van der Waals surface area contributed by atoms with Crippen molar-refractivity contribution in [2.24, 2.45) is 4.99 Å². The Kier molecular flexibility index (Phi) is 7.74. The number of hydrogen-bond donors (Lipinski definition) is 2. The number of nitrogens with one attached hydrogen (secondary N) is 2. The van der Waals surface area contributed by atoms with Gasteiger partial charge in [-0.25, -0.2) is 0 Å². The molecule has 2 heterocycles. The van der Waals surface area contributed by atoms with E-state index in [1.165, 1.54) is 0 Å². The second kappa shape index (κ2) is 10.5. The van der Waals surface area contributed by atoms with Gasteiger partial charge in [-0.3, -0.25) is 14.7 Å². The Bertz CT molecular complexity index is 835. The molecule has 156 valence electrons. The molecule has 1 aliphatic heterocycles. The largest absolute Gasteiger partial charge is 0.364 e. The highest BCUT2D eigenvalue weighted by Crippen LogP contribution is 2.22. The van der Waals surface area contributed by atoms with E-state index in [0.29, 0.717) is 28.7 Å². The number of benzene rings is 1. The van der Waals surface area contributed by atoms with Crippen LogP contribution in [0.5, 0.6) is 0 Å². The van der Waals surface area contributed by atoms with Gasteiger partial charge in [0, 0.05) is 64.5 Å². The first kappa shape index (κ1) is 21.4. The average Bonchev–Trinajstić information content (AvgIpc) is 3.24. The lowest BCUT2D eigenvalue weighted by atomic mass is 10.2. The number of piperazine rings is 1. The third-order valence-corrected chi connectivity index (χ3v) is 5.37. The quantitative estimate of drug-likeness (QED) is 0.408. The standard InChI is InChI=1S/C19H24Cl2N6O2/c1-22-19(27-9-7-26(8-10-27)13-15-4-11-29-25-15)24-6-5-23-18(28)14-2-3-16(20)17(21)12-14/h2-4,11-12H,5-10,13H2,1H3,(H,22,24)(H,23,28). The fourth-order valence-corrected chi connectivity index (χ4v) is 3.39. The van der Waals surface area contributed by atoms with Crippen LogP contribution in [0.2, 0.25) is 10.0 Å². The molecule has 0 aliphatic carbocycles. The van der Waals surface area contributed by atoms with Crippen LogP contribution in [0.15, 0.2) is 40.0 Å². The molecule has 29 heavy (non-hydrogen) atoms. The van der Waals surface area contributed by atoms with Gasteiger partial charge >= 0.3 is 0 Å². The lowest BCUT2D eigenvalue weighted by Crippen LogP contribution is -2.53. The van der Waals surface area contributed by atoms with Crippen LogP contribution in [0.1, 0.15) is 16.1 Å². The minimum Gasteiger partial charge on any atom is -0.364 e. The van der Waals surface area contributed by atoms with E-state index in [1.807, 2.05) is 6.07 Å². The van der Waals surface area contributed by atoms with Gasteiger partial charge in [-0.05, 0) is 18.2 Å². The summed E-state index contributed by atoms with van der Waals surface area (Å²) in [6.45, 7) is 5.39. The number of aromatic nitrogens is 1. The Hall–Kier alpha value is -2.29. The molecule has 0 unspecified atom stereocenters. The number of rotatable bonds is 6. The molecule has 8 nitrogen and oxygen atoms in total. The van der Waals surface area contributed by atoms with Gasteiger partial charge in [0.1, 0.15) is 6.26 Å². The van der Waals surface area contributed by atoms with Gasteiger partial charge in [0.2, 0.25) is 0 Å². The van der Waals surface area contributed by atoms with Crippen LogP contribution in [-0.2, 0) is 6.54 Å². The van der Waals surface area contributed by atoms with Gasteiger partial charge in [0.25, 0.3) is 5.91 Å². The van der Waals surface area contributed by atoms with Gasteiger partial charge in [-0.1, -0.05) is 28.4 Å². The number of aliphatic imine (C=N–C) groups is 1. The lowest BCUT2D eigenvalue weighted by Gasteiger charge is -2.36. The maximum atomic E-state index is 12.2. The summed E-state index contributed by atoms with van der Waals surface area (Å²) in [6.07, 6.45) is 1.59. The fourth-order valence-electron chi connectivity index (χ4n) is 3.09. The van der Waals surface area contributed by atoms with Gasteiger partial charge in [0.05, 0.1) is 15.7 Å². The third kappa shape index (κ3) is 6.09. The molecule has 1 aromatic carbocycles. The van der Waals surface area contributed by atoms with Crippen molar-refractivity contribution in [3.63, 3.8) is 0 Å². The summed E-state index contributed by atoms with van der Waals surface area (Å²) in [6, 6.07) is 6.71. The van der Waals surface area contributed by atoms with E-state index in [1.54, 1.807) is 31.5 Å². The first-order valence-corrected chi connectivity index (χ1v) is 10.1. The predicted octanol–water partition coefficient (Wildman–Crippen LogP) is 2.10. The number of guanidine groups is 1. The van der Waals surface area contributed by atoms with Crippen molar-refractivity contribution < 1.29 is 9.32 Å². The Morgan fingerprint density at radius 3 is 2.55 bits per heavy atom. The Morgan fingerprint density at radius 2 is 1.90 bits per heavy atom. The van der Waals surface area contributed by atoms with Gasteiger partial charge in [-0.15, -0.1) is 0 Å². The summed E-state index contributed by atoms with van der Waals surface area (Å²) in [5.41, 5.74) is 1.42. The van der Waals surface area contributed by atoms with Crippen LogP contribution >= 0.6 is 23.2 Å². The van der Waals surface area contributed by atoms with Gasteiger partial charge in [-0.2, -0.15) is 0 Å². The van der Waals surface area contributed by atoms with Crippen LogP contribution < -0.4 is 10.6 Å². The molecule has 0 bridgehead atoms. The number of carbonyl (C=O) groups is 1. The fraction of sp³-hybridized carbons (Fsp3) is 0.421. The molecular weight excluding hydrogens is 415 g/mol. The Labute approximate surface area is 179 Å². The van der Waals surface area contributed by atoms with Crippen molar-refractivity contribution in [3.05, 3.63) is 51.8 Å². The van der Waals surface area contributed by atoms with Crippen molar-refractivity contribution >= 4 is 35.1 Å². The van der Waals surface area contributed by atoms with Crippen molar-refractivity contribution in [1.82, 2.24) is 25.6 Å². The highest BCUT2D eigenvalue weighted by Gasteiger charge is 2.20. The molecule has 1 aliphatic rings. The Morgan fingerprint density at radius 1 is 1.14 bits per heavy atom. The summed E-state index contributed by atoms with van der Waals surface area (Å²) >= 11 is 11.8. The van der Waals surface area contributed by atoms with Crippen LogP contribution in [0.4, 0.5) is 0 Å². The van der Waals surface area contributed by atoms with E-state index in [2.05, 4.69) is 30.6 Å². The smallest absolute Gasteiger partial charge is 0.251 e. The van der Waals surface area contributed by atoms with E-state index in [-0.39, 0.29) is 5.91 Å². The molecule has 1 saturated heterocycles. The summed E-state index contributed by atoms with van der Waals surface area (Å²) in [4.78, 5) is 21.1. The average molecular weight is 439 g/mol. The monoisotopic (exact) mass is 438 g/mol. The zero-order valence-electron chi connectivity index (χ0n) is 16.2. The minimum atomic E-state index is -0.193. The number of hydrogen-bond acceptors (Lipinski definition) is 5. The highest BCUT2D eigenvalue weighted by atomic mass is 35.5. The minimum absolute atomic E-state index is 0.193. The van der Waals surface area contributed by atoms with E-state index in [9.17, 15) is 4.79 Å². The number of nitrogens with zero attached hydrogens (tertiary/aromatic N) is 4. The van der Waals surface area contributed by atoms with Crippen molar-refractivity contribution in [2.45, 2.75) is 6.54 Å². The van der Waals surface area contributed by atoms with Crippen molar-refractivity contribution in [2.75, 3.05) is 46.3 Å². The predicted molar refractivity (Wildman–Crippen MR) is 114 cm³/mol.